The van der Waals surface area contributed by atoms with E-state index in [1.54, 1.807) is 6.20 Å². The highest BCUT2D eigenvalue weighted by Gasteiger charge is 2.10. The van der Waals surface area contributed by atoms with Crippen LogP contribution in [0, 0.1) is 11.6 Å². The molecule has 3 aromatic rings. The van der Waals surface area contributed by atoms with Gasteiger partial charge in [0.25, 0.3) is 0 Å². The number of nitrogens with one attached hydrogen (secondary N) is 1. The van der Waals surface area contributed by atoms with E-state index in [1.807, 2.05) is 30.3 Å². The van der Waals surface area contributed by atoms with E-state index < -0.39 is 11.6 Å². The zero-order chi connectivity index (χ0) is 14.8. The molecular formula is C16H11BrF2N2. The third-order valence-corrected chi connectivity index (χ3v) is 3.60. The Morgan fingerprint density at radius 3 is 2.57 bits per heavy atom. The van der Waals surface area contributed by atoms with Crippen molar-refractivity contribution in [3.05, 3.63) is 70.3 Å². The fourth-order valence-corrected chi connectivity index (χ4v) is 2.54. The summed E-state index contributed by atoms with van der Waals surface area (Å²) in [6.07, 6.45) is 1.73. The van der Waals surface area contributed by atoms with Crippen molar-refractivity contribution in [3.8, 4) is 0 Å². The molecule has 1 aromatic heterocycles. The second-order valence-electron chi connectivity index (χ2n) is 4.63. The van der Waals surface area contributed by atoms with E-state index in [0.29, 0.717) is 11.0 Å². The number of rotatable bonds is 3. The maximum Gasteiger partial charge on any atom is 0.150 e. The molecule has 0 saturated carbocycles. The number of fused-ring (bicyclic) bond motifs is 1. The number of aromatic nitrogens is 1. The quantitative estimate of drug-likeness (QED) is 0.728. The number of hydrogen-bond donors (Lipinski definition) is 1. The zero-order valence-electron chi connectivity index (χ0n) is 10.9. The highest BCUT2D eigenvalue weighted by atomic mass is 79.9. The summed E-state index contributed by atoms with van der Waals surface area (Å²) >= 11 is 3.06. The summed E-state index contributed by atoms with van der Waals surface area (Å²) in [7, 11) is 0. The van der Waals surface area contributed by atoms with E-state index >= 15 is 0 Å². The van der Waals surface area contributed by atoms with Crippen LogP contribution in [0.4, 0.5) is 14.5 Å². The first-order valence-corrected chi connectivity index (χ1v) is 7.15. The molecule has 0 fully saturated rings. The third kappa shape index (κ3) is 3.03. The lowest BCUT2D eigenvalue weighted by Crippen LogP contribution is -2.04. The van der Waals surface area contributed by atoms with Crippen LogP contribution in [-0.4, -0.2) is 4.98 Å². The van der Waals surface area contributed by atoms with Crippen LogP contribution in [0.3, 0.4) is 0 Å². The monoisotopic (exact) mass is 348 g/mol. The van der Waals surface area contributed by atoms with E-state index in [9.17, 15) is 8.78 Å². The van der Waals surface area contributed by atoms with Crippen molar-refractivity contribution in [1.82, 2.24) is 4.98 Å². The van der Waals surface area contributed by atoms with Crippen LogP contribution in [0.1, 0.15) is 5.56 Å². The van der Waals surface area contributed by atoms with Gasteiger partial charge in [-0.3, -0.25) is 4.98 Å². The molecule has 0 saturated heterocycles. The maximum atomic E-state index is 13.7. The molecule has 0 unspecified atom stereocenters. The second kappa shape index (κ2) is 5.77. The fraction of sp³-hybridized carbons (Fsp3) is 0.0625. The third-order valence-electron chi connectivity index (χ3n) is 3.14. The Balaban J connectivity index is 1.83. The summed E-state index contributed by atoms with van der Waals surface area (Å²) in [6, 6.07) is 12.0. The van der Waals surface area contributed by atoms with Crippen LogP contribution < -0.4 is 5.32 Å². The number of benzene rings is 2. The SMILES string of the molecule is Fc1cc(Br)cc(F)c1NCc1ccc2ncccc2c1. The summed E-state index contributed by atoms with van der Waals surface area (Å²) in [6.45, 7) is 0.334. The molecule has 1 N–H and O–H groups in total. The van der Waals surface area contributed by atoms with Crippen molar-refractivity contribution in [1.29, 1.82) is 0 Å². The van der Waals surface area contributed by atoms with Gasteiger partial charge >= 0.3 is 0 Å². The highest BCUT2D eigenvalue weighted by Crippen LogP contribution is 2.24. The van der Waals surface area contributed by atoms with E-state index in [0.717, 1.165) is 16.5 Å². The number of hydrogen-bond acceptors (Lipinski definition) is 2. The Morgan fingerprint density at radius 2 is 1.81 bits per heavy atom. The molecule has 3 rings (SSSR count). The molecule has 2 aromatic carbocycles. The maximum absolute atomic E-state index is 13.7. The van der Waals surface area contributed by atoms with Crippen molar-refractivity contribution in [3.63, 3.8) is 0 Å². The second-order valence-corrected chi connectivity index (χ2v) is 5.54. The molecule has 0 aliphatic heterocycles. The minimum atomic E-state index is -0.621. The van der Waals surface area contributed by atoms with Gasteiger partial charge in [-0.15, -0.1) is 0 Å². The van der Waals surface area contributed by atoms with Gasteiger partial charge in [0.05, 0.1) is 5.52 Å². The molecule has 2 nitrogen and oxygen atoms in total. The normalized spacial score (nSPS) is 10.8. The molecule has 0 radical (unpaired) electrons. The topological polar surface area (TPSA) is 24.9 Å². The Morgan fingerprint density at radius 1 is 1.05 bits per heavy atom. The molecule has 106 valence electrons. The Bertz CT molecular complexity index is 782. The van der Waals surface area contributed by atoms with E-state index in [4.69, 9.17) is 0 Å². The molecule has 1 heterocycles. The predicted molar refractivity (Wildman–Crippen MR) is 83.1 cm³/mol. The van der Waals surface area contributed by atoms with Crippen molar-refractivity contribution in [2.75, 3.05) is 5.32 Å². The number of halogens is 3. The van der Waals surface area contributed by atoms with Crippen molar-refractivity contribution in [2.24, 2.45) is 0 Å². The van der Waals surface area contributed by atoms with Crippen LogP contribution in [0.15, 0.2) is 53.1 Å². The van der Waals surface area contributed by atoms with Crippen LogP contribution >= 0.6 is 15.9 Å². The van der Waals surface area contributed by atoms with Crippen LogP contribution in [0.2, 0.25) is 0 Å². The minimum absolute atomic E-state index is 0.121. The lowest BCUT2D eigenvalue weighted by molar-refractivity contribution is 0.586. The fourth-order valence-electron chi connectivity index (χ4n) is 2.14. The molecule has 0 spiro atoms. The Hall–Kier alpha value is -2.01. The van der Waals surface area contributed by atoms with Gasteiger partial charge in [-0.05, 0) is 35.9 Å². The van der Waals surface area contributed by atoms with Gasteiger partial charge in [0.2, 0.25) is 0 Å². The first kappa shape index (κ1) is 13.9. The van der Waals surface area contributed by atoms with Gasteiger partial charge in [-0.25, -0.2) is 8.78 Å². The van der Waals surface area contributed by atoms with Crippen LogP contribution in [-0.2, 0) is 6.54 Å². The molecule has 0 aliphatic carbocycles. The van der Waals surface area contributed by atoms with Gasteiger partial charge in [-0.1, -0.05) is 28.1 Å². The van der Waals surface area contributed by atoms with Gasteiger partial charge < -0.3 is 5.32 Å². The molecule has 0 amide bonds. The van der Waals surface area contributed by atoms with Crippen molar-refractivity contribution >= 4 is 32.5 Å². The lowest BCUT2D eigenvalue weighted by Gasteiger charge is -2.10. The first-order valence-electron chi connectivity index (χ1n) is 6.35. The summed E-state index contributed by atoms with van der Waals surface area (Å²) in [5.41, 5.74) is 1.70. The molecular weight excluding hydrogens is 338 g/mol. The molecule has 5 heteroatoms. The van der Waals surface area contributed by atoms with E-state index in [1.165, 1.54) is 12.1 Å². The smallest absolute Gasteiger partial charge is 0.150 e. The van der Waals surface area contributed by atoms with Crippen molar-refractivity contribution in [2.45, 2.75) is 6.54 Å². The molecule has 21 heavy (non-hydrogen) atoms. The lowest BCUT2D eigenvalue weighted by atomic mass is 10.1. The standard InChI is InChI=1S/C16H11BrF2N2/c17-12-7-13(18)16(14(19)8-12)21-9-10-3-4-15-11(6-10)2-1-5-20-15/h1-8,21H,9H2. The number of anilines is 1. The van der Waals surface area contributed by atoms with Gasteiger partial charge in [-0.2, -0.15) is 0 Å². The summed E-state index contributed by atoms with van der Waals surface area (Å²) in [5.74, 6) is -1.24. The van der Waals surface area contributed by atoms with Gasteiger partial charge in [0, 0.05) is 22.6 Å². The molecule has 0 bridgehead atoms. The number of nitrogens with zero attached hydrogens (tertiary/aromatic N) is 1. The zero-order valence-corrected chi connectivity index (χ0v) is 12.5. The first-order chi connectivity index (χ1) is 10.1. The van der Waals surface area contributed by atoms with Crippen LogP contribution in [0.5, 0.6) is 0 Å². The van der Waals surface area contributed by atoms with E-state index in [-0.39, 0.29) is 5.69 Å². The summed E-state index contributed by atoms with van der Waals surface area (Å²) in [5, 5.41) is 3.79. The average Bonchev–Trinajstić information content (AvgIpc) is 2.46. The molecule has 0 aliphatic rings. The van der Waals surface area contributed by atoms with Gasteiger partial charge in [0.1, 0.15) is 17.3 Å². The Labute approximate surface area is 129 Å². The van der Waals surface area contributed by atoms with Crippen molar-refractivity contribution < 1.29 is 8.78 Å². The summed E-state index contributed by atoms with van der Waals surface area (Å²) < 4.78 is 27.8. The molecule has 0 atom stereocenters. The highest BCUT2D eigenvalue weighted by molar-refractivity contribution is 9.10. The number of pyridine rings is 1. The summed E-state index contributed by atoms with van der Waals surface area (Å²) in [4.78, 5) is 4.23. The Kier molecular flexibility index (Phi) is 3.84. The minimum Gasteiger partial charge on any atom is -0.376 e. The van der Waals surface area contributed by atoms with Gasteiger partial charge in [0.15, 0.2) is 0 Å². The van der Waals surface area contributed by atoms with E-state index in [2.05, 4.69) is 26.2 Å². The average molecular weight is 349 g/mol. The van der Waals surface area contributed by atoms with Crippen LogP contribution in [0.25, 0.3) is 10.9 Å². The largest absolute Gasteiger partial charge is 0.376 e. The predicted octanol–water partition coefficient (Wildman–Crippen LogP) is 4.89.